The quantitative estimate of drug-likeness (QED) is 0.845. The van der Waals surface area contributed by atoms with Gasteiger partial charge >= 0.3 is 0 Å². The van der Waals surface area contributed by atoms with E-state index in [1.165, 1.54) is 36.8 Å². The Bertz CT molecular complexity index is 363. The highest BCUT2D eigenvalue weighted by Crippen LogP contribution is 2.37. The Morgan fingerprint density at radius 3 is 2.82 bits per heavy atom. The van der Waals surface area contributed by atoms with Gasteiger partial charge in [0.05, 0.1) is 0 Å². The molecule has 1 aliphatic heterocycles. The molecule has 1 aromatic rings. The van der Waals surface area contributed by atoms with E-state index < -0.39 is 0 Å². The molecule has 1 fully saturated rings. The summed E-state index contributed by atoms with van der Waals surface area (Å²) in [5.41, 5.74) is 2.90. The summed E-state index contributed by atoms with van der Waals surface area (Å²) in [7, 11) is 0. The molecule has 94 valence electrons. The molecule has 0 spiro atoms. The minimum atomic E-state index is 0.134. The second-order valence-electron chi connectivity index (χ2n) is 5.55. The third kappa shape index (κ3) is 2.37. The first-order valence-electron chi connectivity index (χ1n) is 6.83. The van der Waals surface area contributed by atoms with Crippen LogP contribution in [0.3, 0.4) is 0 Å². The summed E-state index contributed by atoms with van der Waals surface area (Å²) < 4.78 is 0. The fourth-order valence-electron chi connectivity index (χ4n) is 3.07. The van der Waals surface area contributed by atoms with E-state index in [9.17, 15) is 0 Å². The van der Waals surface area contributed by atoms with Gasteiger partial charge in [0.15, 0.2) is 0 Å². The zero-order valence-corrected chi connectivity index (χ0v) is 11.3. The van der Waals surface area contributed by atoms with Crippen LogP contribution in [0.4, 0.5) is 0 Å². The zero-order chi connectivity index (χ0) is 12.3. The fourth-order valence-corrected chi connectivity index (χ4v) is 3.07. The molecule has 2 heterocycles. The van der Waals surface area contributed by atoms with Crippen molar-refractivity contribution in [2.45, 2.75) is 52.0 Å². The van der Waals surface area contributed by atoms with Crippen LogP contribution in [0.1, 0.15) is 50.7 Å². The van der Waals surface area contributed by atoms with Crippen molar-refractivity contribution in [3.05, 3.63) is 29.6 Å². The van der Waals surface area contributed by atoms with Crippen LogP contribution >= 0.6 is 0 Å². The predicted molar refractivity (Wildman–Crippen MR) is 72.0 cm³/mol. The van der Waals surface area contributed by atoms with Crippen LogP contribution in [0, 0.1) is 12.8 Å². The van der Waals surface area contributed by atoms with Gasteiger partial charge in [0.2, 0.25) is 0 Å². The Morgan fingerprint density at radius 1 is 1.29 bits per heavy atom. The number of nitrogens with one attached hydrogen (secondary N) is 1. The molecule has 1 N–H and O–H groups in total. The standard InChI is InChI=1S/C15H24N2/c1-12(2)15(8-5-4-6-9-17-15)14-11-16-10-7-13(14)3/h7,10-12,17H,4-6,8-9H2,1-3H3. The number of aromatic nitrogens is 1. The smallest absolute Gasteiger partial charge is 0.0475 e. The Balaban J connectivity index is 2.43. The number of nitrogens with zero attached hydrogens (tertiary/aromatic N) is 1. The first-order valence-corrected chi connectivity index (χ1v) is 6.83. The molecular formula is C15H24N2. The van der Waals surface area contributed by atoms with Gasteiger partial charge in [0, 0.05) is 17.9 Å². The lowest BCUT2D eigenvalue weighted by Crippen LogP contribution is -2.46. The number of aryl methyl sites for hydroxylation is 1. The largest absolute Gasteiger partial charge is 0.307 e. The van der Waals surface area contributed by atoms with Crippen molar-refractivity contribution in [3.8, 4) is 0 Å². The van der Waals surface area contributed by atoms with E-state index in [-0.39, 0.29) is 5.54 Å². The van der Waals surface area contributed by atoms with Crippen molar-refractivity contribution in [3.63, 3.8) is 0 Å². The third-order valence-corrected chi connectivity index (χ3v) is 4.19. The molecule has 1 saturated heterocycles. The van der Waals surface area contributed by atoms with Gasteiger partial charge in [-0.05, 0) is 49.4 Å². The Hall–Kier alpha value is -0.890. The van der Waals surface area contributed by atoms with Crippen LogP contribution in [-0.4, -0.2) is 11.5 Å². The monoisotopic (exact) mass is 232 g/mol. The maximum atomic E-state index is 4.34. The van der Waals surface area contributed by atoms with Gasteiger partial charge in [-0.1, -0.05) is 26.7 Å². The fraction of sp³-hybridized carbons (Fsp3) is 0.667. The van der Waals surface area contributed by atoms with E-state index in [1.807, 2.05) is 6.20 Å². The minimum absolute atomic E-state index is 0.134. The first kappa shape index (κ1) is 12.6. The molecule has 17 heavy (non-hydrogen) atoms. The minimum Gasteiger partial charge on any atom is -0.307 e. The summed E-state index contributed by atoms with van der Waals surface area (Å²) in [6.45, 7) is 7.98. The summed E-state index contributed by atoms with van der Waals surface area (Å²) in [5.74, 6) is 0.600. The van der Waals surface area contributed by atoms with Crippen molar-refractivity contribution in [2.24, 2.45) is 5.92 Å². The second kappa shape index (κ2) is 5.18. The third-order valence-electron chi connectivity index (χ3n) is 4.19. The Kier molecular flexibility index (Phi) is 3.82. The Morgan fingerprint density at radius 2 is 2.12 bits per heavy atom. The average Bonchev–Trinajstić information content (AvgIpc) is 2.56. The van der Waals surface area contributed by atoms with Crippen LogP contribution < -0.4 is 5.32 Å². The van der Waals surface area contributed by atoms with E-state index >= 15 is 0 Å². The summed E-state index contributed by atoms with van der Waals surface area (Å²) in [4.78, 5) is 4.34. The second-order valence-corrected chi connectivity index (χ2v) is 5.55. The molecule has 1 unspecified atom stereocenters. The van der Waals surface area contributed by atoms with Crippen molar-refractivity contribution < 1.29 is 0 Å². The predicted octanol–water partition coefficient (Wildman–Crippen LogP) is 3.40. The van der Waals surface area contributed by atoms with Gasteiger partial charge < -0.3 is 5.32 Å². The number of hydrogen-bond acceptors (Lipinski definition) is 2. The average molecular weight is 232 g/mol. The first-order chi connectivity index (χ1) is 8.17. The van der Waals surface area contributed by atoms with Crippen LogP contribution in [0.2, 0.25) is 0 Å². The normalized spacial score (nSPS) is 25.9. The molecule has 0 aromatic carbocycles. The van der Waals surface area contributed by atoms with Gasteiger partial charge in [-0.25, -0.2) is 0 Å². The summed E-state index contributed by atoms with van der Waals surface area (Å²) in [6.07, 6.45) is 9.16. The maximum Gasteiger partial charge on any atom is 0.0475 e. The van der Waals surface area contributed by atoms with Gasteiger partial charge in [-0.3, -0.25) is 4.98 Å². The van der Waals surface area contributed by atoms with E-state index in [2.05, 4.69) is 43.3 Å². The van der Waals surface area contributed by atoms with Crippen molar-refractivity contribution in [2.75, 3.05) is 6.54 Å². The van der Waals surface area contributed by atoms with E-state index in [0.717, 1.165) is 6.54 Å². The molecule has 2 rings (SSSR count). The van der Waals surface area contributed by atoms with Crippen LogP contribution in [-0.2, 0) is 5.54 Å². The van der Waals surface area contributed by atoms with Crippen LogP contribution in [0.25, 0.3) is 0 Å². The highest BCUT2D eigenvalue weighted by molar-refractivity contribution is 5.30. The zero-order valence-electron chi connectivity index (χ0n) is 11.3. The molecule has 1 aliphatic rings. The molecule has 0 amide bonds. The number of rotatable bonds is 2. The topological polar surface area (TPSA) is 24.9 Å². The van der Waals surface area contributed by atoms with Crippen molar-refractivity contribution >= 4 is 0 Å². The van der Waals surface area contributed by atoms with Crippen LogP contribution in [0.5, 0.6) is 0 Å². The highest BCUT2D eigenvalue weighted by atomic mass is 15.0. The van der Waals surface area contributed by atoms with E-state index in [1.54, 1.807) is 0 Å². The van der Waals surface area contributed by atoms with Crippen molar-refractivity contribution in [1.29, 1.82) is 0 Å². The van der Waals surface area contributed by atoms with E-state index in [0.29, 0.717) is 5.92 Å². The molecule has 1 aromatic heterocycles. The molecule has 2 nitrogen and oxygen atoms in total. The molecule has 0 radical (unpaired) electrons. The lowest BCUT2D eigenvalue weighted by atomic mass is 9.76. The van der Waals surface area contributed by atoms with Gasteiger partial charge in [0.1, 0.15) is 0 Å². The summed E-state index contributed by atoms with van der Waals surface area (Å²) in [5, 5.41) is 3.81. The number of hydrogen-bond donors (Lipinski definition) is 1. The lowest BCUT2D eigenvalue weighted by molar-refractivity contribution is 0.229. The Labute approximate surface area is 105 Å². The lowest BCUT2D eigenvalue weighted by Gasteiger charge is -2.39. The van der Waals surface area contributed by atoms with Crippen LogP contribution in [0.15, 0.2) is 18.5 Å². The maximum absolute atomic E-state index is 4.34. The molecule has 0 saturated carbocycles. The van der Waals surface area contributed by atoms with Gasteiger partial charge in [-0.2, -0.15) is 0 Å². The molecule has 2 heteroatoms. The van der Waals surface area contributed by atoms with Crippen molar-refractivity contribution in [1.82, 2.24) is 10.3 Å². The molecule has 1 atom stereocenters. The number of pyridine rings is 1. The van der Waals surface area contributed by atoms with Gasteiger partial charge in [0.25, 0.3) is 0 Å². The highest BCUT2D eigenvalue weighted by Gasteiger charge is 2.36. The SMILES string of the molecule is Cc1ccncc1C1(C(C)C)CCCCCN1. The van der Waals surface area contributed by atoms with Gasteiger partial charge in [-0.15, -0.1) is 0 Å². The summed E-state index contributed by atoms with van der Waals surface area (Å²) in [6, 6.07) is 2.13. The summed E-state index contributed by atoms with van der Waals surface area (Å²) >= 11 is 0. The molecular weight excluding hydrogens is 208 g/mol. The molecule has 0 bridgehead atoms. The molecule has 0 aliphatic carbocycles. The van der Waals surface area contributed by atoms with E-state index in [4.69, 9.17) is 0 Å².